The molecule has 1 N–H and O–H groups in total. The lowest BCUT2D eigenvalue weighted by Gasteiger charge is -2.19. The number of hydrogen-bond acceptors (Lipinski definition) is 2. The summed E-state index contributed by atoms with van der Waals surface area (Å²) in [5, 5.41) is 3.18. The average Bonchev–Trinajstić information content (AvgIpc) is 3.05. The van der Waals surface area contributed by atoms with E-state index in [0.29, 0.717) is 17.2 Å². The van der Waals surface area contributed by atoms with E-state index in [0.717, 1.165) is 0 Å². The van der Waals surface area contributed by atoms with E-state index in [2.05, 4.69) is 5.32 Å². The Morgan fingerprint density at radius 2 is 2.20 bits per heavy atom. The summed E-state index contributed by atoms with van der Waals surface area (Å²) in [6, 6.07) is 5.06. The predicted molar refractivity (Wildman–Crippen MR) is 57.5 cm³/mol. The second kappa shape index (κ2) is 4.19. The molecule has 3 heteroatoms. The Morgan fingerprint density at radius 1 is 1.47 bits per heavy atom. The summed E-state index contributed by atoms with van der Waals surface area (Å²) in [4.78, 5) is 0. The molecule has 0 saturated heterocycles. The number of benzene rings is 1. The third-order valence-electron chi connectivity index (χ3n) is 2.95. The van der Waals surface area contributed by atoms with Gasteiger partial charge in [0.05, 0.1) is 7.11 Å². The highest BCUT2D eigenvalue weighted by molar-refractivity contribution is 5.38. The van der Waals surface area contributed by atoms with Crippen LogP contribution in [0.25, 0.3) is 0 Å². The number of rotatable bonds is 4. The van der Waals surface area contributed by atoms with Gasteiger partial charge >= 0.3 is 0 Å². The highest BCUT2D eigenvalue weighted by atomic mass is 19.1. The zero-order valence-corrected chi connectivity index (χ0v) is 9.09. The quantitative estimate of drug-likeness (QED) is 0.822. The van der Waals surface area contributed by atoms with Gasteiger partial charge in [0.1, 0.15) is 11.6 Å². The van der Waals surface area contributed by atoms with E-state index in [1.165, 1.54) is 18.9 Å². The minimum atomic E-state index is -0.180. The van der Waals surface area contributed by atoms with E-state index >= 15 is 0 Å². The van der Waals surface area contributed by atoms with Gasteiger partial charge < -0.3 is 10.1 Å². The molecule has 0 aliphatic heterocycles. The molecular formula is C12H16FNO. The van der Waals surface area contributed by atoms with Crippen molar-refractivity contribution in [3.63, 3.8) is 0 Å². The molecule has 1 atom stereocenters. The highest BCUT2D eigenvalue weighted by Crippen LogP contribution is 2.44. The molecule has 1 saturated carbocycles. The summed E-state index contributed by atoms with van der Waals surface area (Å²) in [5.41, 5.74) is 0.671. The first-order chi connectivity index (χ1) is 7.27. The zero-order chi connectivity index (χ0) is 10.8. The third kappa shape index (κ3) is 1.97. The van der Waals surface area contributed by atoms with Gasteiger partial charge in [-0.1, -0.05) is 6.07 Å². The summed E-state index contributed by atoms with van der Waals surface area (Å²) in [7, 11) is 3.45. The smallest absolute Gasteiger partial charge is 0.131 e. The van der Waals surface area contributed by atoms with Crippen molar-refractivity contribution in [2.45, 2.75) is 18.9 Å². The fourth-order valence-corrected chi connectivity index (χ4v) is 2.04. The van der Waals surface area contributed by atoms with Crippen LogP contribution in [0.15, 0.2) is 18.2 Å². The molecule has 0 aromatic heterocycles. The first-order valence-electron chi connectivity index (χ1n) is 5.27. The number of ether oxygens (including phenoxy) is 1. The Labute approximate surface area is 89.4 Å². The van der Waals surface area contributed by atoms with Crippen LogP contribution in [0, 0.1) is 11.7 Å². The van der Waals surface area contributed by atoms with Gasteiger partial charge in [0.25, 0.3) is 0 Å². The van der Waals surface area contributed by atoms with Gasteiger partial charge in [-0.15, -0.1) is 0 Å². The summed E-state index contributed by atoms with van der Waals surface area (Å²) in [5.74, 6) is 1.02. The lowest BCUT2D eigenvalue weighted by Crippen LogP contribution is -2.20. The predicted octanol–water partition coefficient (Wildman–Crippen LogP) is 2.50. The number of halogens is 1. The standard InChI is InChI=1S/C12H16FNO/c1-14-12(8-6-7-8)11-9(13)4-3-5-10(11)15-2/h3-5,8,12,14H,6-7H2,1-2H3. The lowest BCUT2D eigenvalue weighted by molar-refractivity contribution is 0.386. The van der Waals surface area contributed by atoms with Crippen LogP contribution in [0.4, 0.5) is 4.39 Å². The minimum absolute atomic E-state index is 0.0844. The largest absolute Gasteiger partial charge is 0.496 e. The molecule has 1 aromatic rings. The Balaban J connectivity index is 2.38. The minimum Gasteiger partial charge on any atom is -0.496 e. The van der Waals surface area contributed by atoms with E-state index in [9.17, 15) is 4.39 Å². The van der Waals surface area contributed by atoms with Crippen LogP contribution in [0.3, 0.4) is 0 Å². The molecule has 0 amide bonds. The van der Waals surface area contributed by atoms with Gasteiger partial charge in [0, 0.05) is 11.6 Å². The van der Waals surface area contributed by atoms with Crippen molar-refractivity contribution in [2.24, 2.45) is 5.92 Å². The summed E-state index contributed by atoms with van der Waals surface area (Å²) >= 11 is 0. The average molecular weight is 209 g/mol. The molecule has 1 fully saturated rings. The van der Waals surface area contributed by atoms with Crippen LogP contribution < -0.4 is 10.1 Å². The molecule has 0 radical (unpaired) electrons. The number of methoxy groups -OCH3 is 1. The van der Waals surface area contributed by atoms with Gasteiger partial charge in [0.15, 0.2) is 0 Å². The fraction of sp³-hybridized carbons (Fsp3) is 0.500. The van der Waals surface area contributed by atoms with Gasteiger partial charge in [-0.25, -0.2) is 4.39 Å². The van der Waals surface area contributed by atoms with E-state index in [4.69, 9.17) is 4.74 Å². The van der Waals surface area contributed by atoms with Crippen molar-refractivity contribution in [3.8, 4) is 5.75 Å². The summed E-state index contributed by atoms with van der Waals surface area (Å²) in [6.07, 6.45) is 2.34. The SMILES string of the molecule is CNC(c1c(F)cccc1OC)C1CC1. The van der Waals surface area contributed by atoms with Crippen molar-refractivity contribution in [2.75, 3.05) is 14.2 Å². The van der Waals surface area contributed by atoms with Crippen LogP contribution in [-0.4, -0.2) is 14.2 Å². The molecular weight excluding hydrogens is 193 g/mol. The first kappa shape index (κ1) is 10.4. The van der Waals surface area contributed by atoms with Crippen LogP contribution in [0.2, 0.25) is 0 Å². The number of nitrogens with one attached hydrogen (secondary N) is 1. The highest BCUT2D eigenvalue weighted by Gasteiger charge is 2.34. The first-order valence-corrected chi connectivity index (χ1v) is 5.27. The maximum absolute atomic E-state index is 13.7. The topological polar surface area (TPSA) is 21.3 Å². The Bertz CT molecular complexity index is 349. The lowest BCUT2D eigenvalue weighted by atomic mass is 10.0. The van der Waals surface area contributed by atoms with Gasteiger partial charge in [0.2, 0.25) is 0 Å². The molecule has 1 aromatic carbocycles. The van der Waals surface area contributed by atoms with Crippen LogP contribution >= 0.6 is 0 Å². The van der Waals surface area contributed by atoms with Crippen LogP contribution in [0.5, 0.6) is 5.75 Å². The van der Waals surface area contributed by atoms with Crippen LogP contribution in [0.1, 0.15) is 24.4 Å². The fourth-order valence-electron chi connectivity index (χ4n) is 2.04. The third-order valence-corrected chi connectivity index (χ3v) is 2.95. The second-order valence-electron chi connectivity index (χ2n) is 3.96. The zero-order valence-electron chi connectivity index (χ0n) is 9.09. The normalized spacial score (nSPS) is 17.5. The molecule has 2 nitrogen and oxygen atoms in total. The maximum atomic E-state index is 13.7. The monoisotopic (exact) mass is 209 g/mol. The Morgan fingerprint density at radius 3 is 2.73 bits per heavy atom. The molecule has 1 aliphatic carbocycles. The van der Waals surface area contributed by atoms with E-state index in [1.807, 2.05) is 13.1 Å². The second-order valence-corrected chi connectivity index (χ2v) is 3.96. The van der Waals surface area contributed by atoms with E-state index < -0.39 is 0 Å². The summed E-state index contributed by atoms with van der Waals surface area (Å²) in [6.45, 7) is 0. The van der Waals surface area contributed by atoms with Crippen molar-refractivity contribution >= 4 is 0 Å². The van der Waals surface area contributed by atoms with Crippen molar-refractivity contribution < 1.29 is 9.13 Å². The van der Waals surface area contributed by atoms with E-state index in [1.54, 1.807) is 13.2 Å². The molecule has 1 unspecified atom stereocenters. The van der Waals surface area contributed by atoms with Gasteiger partial charge in [-0.2, -0.15) is 0 Å². The van der Waals surface area contributed by atoms with Crippen molar-refractivity contribution in [1.29, 1.82) is 0 Å². The van der Waals surface area contributed by atoms with Crippen LogP contribution in [-0.2, 0) is 0 Å². The molecule has 15 heavy (non-hydrogen) atoms. The van der Waals surface area contributed by atoms with Crippen molar-refractivity contribution in [3.05, 3.63) is 29.6 Å². The molecule has 2 rings (SSSR count). The van der Waals surface area contributed by atoms with Crippen molar-refractivity contribution in [1.82, 2.24) is 5.32 Å². The number of hydrogen-bond donors (Lipinski definition) is 1. The molecule has 0 bridgehead atoms. The molecule has 0 heterocycles. The molecule has 0 spiro atoms. The maximum Gasteiger partial charge on any atom is 0.131 e. The van der Waals surface area contributed by atoms with Gasteiger partial charge in [-0.3, -0.25) is 0 Å². The Hall–Kier alpha value is -1.09. The summed E-state index contributed by atoms with van der Waals surface area (Å²) < 4.78 is 18.9. The molecule has 1 aliphatic rings. The molecule has 82 valence electrons. The van der Waals surface area contributed by atoms with E-state index in [-0.39, 0.29) is 11.9 Å². The Kier molecular flexibility index (Phi) is 2.91. The van der Waals surface area contributed by atoms with Gasteiger partial charge in [-0.05, 0) is 37.9 Å².